The van der Waals surface area contributed by atoms with E-state index in [0.29, 0.717) is 6.54 Å². The first kappa shape index (κ1) is 18.7. The Labute approximate surface area is 173 Å². The number of rotatable bonds is 6. The fourth-order valence-electron chi connectivity index (χ4n) is 3.30. The molecule has 0 aliphatic heterocycles. The van der Waals surface area contributed by atoms with Gasteiger partial charge in [0.05, 0.1) is 5.69 Å². The molecule has 1 aliphatic rings. The summed E-state index contributed by atoms with van der Waals surface area (Å²) in [6, 6.07) is 16.9. The highest BCUT2D eigenvalue weighted by atomic mass is 79.9. The molecule has 28 heavy (non-hydrogen) atoms. The van der Waals surface area contributed by atoms with Crippen molar-refractivity contribution >= 4 is 21.9 Å². The number of halogens is 1. The molecule has 1 aromatic heterocycles. The van der Waals surface area contributed by atoms with Gasteiger partial charge >= 0.3 is 0 Å². The van der Waals surface area contributed by atoms with Crippen molar-refractivity contribution in [1.29, 1.82) is 0 Å². The third-order valence-corrected chi connectivity index (χ3v) is 5.68. The second kappa shape index (κ2) is 8.14. The number of hydrogen-bond donors (Lipinski definition) is 2. The van der Waals surface area contributed by atoms with Crippen molar-refractivity contribution < 1.29 is 0 Å². The number of nitrogens with zero attached hydrogens (tertiary/aromatic N) is 4. The lowest BCUT2D eigenvalue weighted by molar-refractivity contribution is 0.645. The second-order valence-electron chi connectivity index (χ2n) is 7.08. The van der Waals surface area contributed by atoms with Crippen LogP contribution in [0, 0.1) is 0 Å². The molecule has 3 aromatic rings. The molecule has 0 amide bonds. The first-order valence-corrected chi connectivity index (χ1v) is 10.1. The molecule has 6 nitrogen and oxygen atoms in total. The topological polar surface area (TPSA) is 67.1 Å². The molecule has 0 spiro atoms. The Bertz CT molecular complexity index is 945. The summed E-state index contributed by atoms with van der Waals surface area (Å²) in [5.41, 5.74) is 3.78. The van der Waals surface area contributed by atoms with E-state index in [9.17, 15) is 0 Å². The van der Waals surface area contributed by atoms with Crippen LogP contribution < -0.4 is 10.6 Å². The molecule has 0 radical (unpaired) electrons. The van der Waals surface area contributed by atoms with Gasteiger partial charge in [0.15, 0.2) is 5.96 Å². The fourth-order valence-corrected chi connectivity index (χ4v) is 3.70. The van der Waals surface area contributed by atoms with E-state index in [1.165, 1.54) is 30.3 Å². The zero-order valence-electron chi connectivity index (χ0n) is 15.8. The smallest absolute Gasteiger partial charge is 0.191 e. The molecule has 7 heteroatoms. The molecule has 0 saturated heterocycles. The van der Waals surface area contributed by atoms with Gasteiger partial charge in [0, 0.05) is 30.0 Å². The minimum absolute atomic E-state index is 0.223. The monoisotopic (exact) mass is 438 g/mol. The summed E-state index contributed by atoms with van der Waals surface area (Å²) < 4.78 is 2.88. The Morgan fingerprint density at radius 1 is 1.18 bits per heavy atom. The average Bonchev–Trinajstić information content (AvgIpc) is 3.32. The lowest BCUT2D eigenvalue weighted by atomic mass is 9.96. The fraction of sp³-hybridized carbons (Fsp3) is 0.286. The van der Waals surface area contributed by atoms with Gasteiger partial charge in [0.25, 0.3) is 0 Å². The van der Waals surface area contributed by atoms with E-state index in [1.54, 1.807) is 11.0 Å². The maximum Gasteiger partial charge on any atom is 0.191 e. The van der Waals surface area contributed by atoms with Crippen LogP contribution in [0.1, 0.15) is 24.0 Å². The number of hydrogen-bond acceptors (Lipinski definition) is 3. The predicted octanol–water partition coefficient (Wildman–Crippen LogP) is 3.43. The van der Waals surface area contributed by atoms with Gasteiger partial charge in [0.1, 0.15) is 12.7 Å². The molecule has 0 unspecified atom stereocenters. The van der Waals surface area contributed by atoms with Crippen molar-refractivity contribution in [3.63, 3.8) is 0 Å². The molecule has 1 saturated carbocycles. The van der Waals surface area contributed by atoms with Gasteiger partial charge in [-0.2, -0.15) is 5.10 Å². The van der Waals surface area contributed by atoms with Crippen molar-refractivity contribution in [3.05, 3.63) is 76.8 Å². The molecule has 4 rings (SSSR count). The maximum atomic E-state index is 4.37. The number of guanidine groups is 1. The minimum atomic E-state index is 0.223. The molecule has 144 valence electrons. The van der Waals surface area contributed by atoms with E-state index in [2.05, 4.69) is 78.0 Å². The van der Waals surface area contributed by atoms with Crippen LogP contribution in [0.2, 0.25) is 0 Å². The van der Waals surface area contributed by atoms with E-state index >= 15 is 0 Å². The largest absolute Gasteiger partial charge is 0.356 e. The van der Waals surface area contributed by atoms with Crippen molar-refractivity contribution in [1.82, 2.24) is 25.4 Å². The molecule has 0 bridgehead atoms. The molecular formula is C21H23BrN6. The van der Waals surface area contributed by atoms with Gasteiger partial charge in [-0.3, -0.25) is 4.99 Å². The van der Waals surface area contributed by atoms with Crippen molar-refractivity contribution in [2.75, 3.05) is 13.6 Å². The number of benzene rings is 2. The van der Waals surface area contributed by atoms with E-state index in [4.69, 9.17) is 0 Å². The highest BCUT2D eigenvalue weighted by molar-refractivity contribution is 9.10. The Kier molecular flexibility index (Phi) is 5.43. The lowest BCUT2D eigenvalue weighted by Crippen LogP contribution is -2.40. The van der Waals surface area contributed by atoms with E-state index < -0.39 is 0 Å². The van der Waals surface area contributed by atoms with E-state index in [-0.39, 0.29) is 5.41 Å². The van der Waals surface area contributed by atoms with Gasteiger partial charge < -0.3 is 10.6 Å². The van der Waals surface area contributed by atoms with Gasteiger partial charge in [-0.25, -0.2) is 9.67 Å². The zero-order valence-corrected chi connectivity index (χ0v) is 17.4. The summed E-state index contributed by atoms with van der Waals surface area (Å²) in [6.07, 6.45) is 5.64. The maximum absolute atomic E-state index is 4.37. The van der Waals surface area contributed by atoms with Crippen LogP contribution in [0.25, 0.3) is 5.69 Å². The molecular weight excluding hydrogens is 416 g/mol. The molecule has 1 heterocycles. The Morgan fingerprint density at radius 2 is 2.00 bits per heavy atom. The van der Waals surface area contributed by atoms with Gasteiger partial charge in [-0.05, 0) is 48.2 Å². The quantitative estimate of drug-likeness (QED) is 0.456. The molecule has 0 atom stereocenters. The van der Waals surface area contributed by atoms with Crippen LogP contribution in [-0.2, 0) is 12.0 Å². The Balaban J connectivity index is 1.32. The van der Waals surface area contributed by atoms with Crippen LogP contribution in [0.4, 0.5) is 0 Å². The third kappa shape index (κ3) is 4.25. The van der Waals surface area contributed by atoms with Gasteiger partial charge in [-0.1, -0.05) is 40.2 Å². The normalized spacial score (nSPS) is 15.3. The zero-order chi connectivity index (χ0) is 19.4. The summed E-state index contributed by atoms with van der Waals surface area (Å²) >= 11 is 3.58. The Hall–Kier alpha value is -2.67. The highest BCUT2D eigenvalue weighted by Crippen LogP contribution is 2.48. The summed E-state index contributed by atoms with van der Waals surface area (Å²) in [7, 11) is 1.81. The van der Waals surface area contributed by atoms with Crippen LogP contribution in [0.3, 0.4) is 0 Å². The molecule has 1 aliphatic carbocycles. The third-order valence-electron chi connectivity index (χ3n) is 5.19. The van der Waals surface area contributed by atoms with Crippen molar-refractivity contribution in [3.8, 4) is 5.69 Å². The lowest BCUT2D eigenvalue weighted by Gasteiger charge is -2.19. The summed E-state index contributed by atoms with van der Waals surface area (Å²) in [5, 5.41) is 11.0. The van der Waals surface area contributed by atoms with Crippen LogP contribution in [0.15, 0.2) is 70.7 Å². The summed E-state index contributed by atoms with van der Waals surface area (Å²) in [4.78, 5) is 8.34. The standard InChI is InChI=1S/C21H23BrN6/c1-23-20(26-13-21(9-10-21)17-3-2-4-18(22)11-17)25-12-16-5-7-19(8-6-16)28-15-24-14-27-28/h2-8,11,14-15H,9-10,12-13H2,1H3,(H2,23,25,26). The predicted molar refractivity (Wildman–Crippen MR) is 115 cm³/mol. The van der Waals surface area contributed by atoms with Crippen LogP contribution in [-0.4, -0.2) is 34.3 Å². The summed E-state index contributed by atoms with van der Waals surface area (Å²) in [6.45, 7) is 1.59. The minimum Gasteiger partial charge on any atom is -0.356 e. The van der Waals surface area contributed by atoms with Gasteiger partial charge in [0.2, 0.25) is 0 Å². The first-order chi connectivity index (χ1) is 13.7. The Morgan fingerprint density at radius 3 is 2.64 bits per heavy atom. The van der Waals surface area contributed by atoms with Gasteiger partial charge in [-0.15, -0.1) is 0 Å². The number of aromatic nitrogens is 3. The highest BCUT2D eigenvalue weighted by Gasteiger charge is 2.44. The van der Waals surface area contributed by atoms with Crippen LogP contribution in [0.5, 0.6) is 0 Å². The molecule has 2 aromatic carbocycles. The van der Waals surface area contributed by atoms with E-state index in [0.717, 1.165) is 22.7 Å². The number of nitrogens with one attached hydrogen (secondary N) is 2. The SMILES string of the molecule is CN=C(NCc1ccc(-n2cncn2)cc1)NCC1(c2cccc(Br)c2)CC1. The number of aliphatic imine (C=N–C) groups is 1. The molecule has 2 N–H and O–H groups in total. The molecule has 1 fully saturated rings. The average molecular weight is 439 g/mol. The van der Waals surface area contributed by atoms with Crippen LogP contribution >= 0.6 is 15.9 Å². The second-order valence-corrected chi connectivity index (χ2v) is 7.99. The first-order valence-electron chi connectivity index (χ1n) is 9.33. The van der Waals surface area contributed by atoms with Crippen molar-refractivity contribution in [2.45, 2.75) is 24.8 Å². The van der Waals surface area contributed by atoms with Crippen molar-refractivity contribution in [2.24, 2.45) is 4.99 Å². The summed E-state index contributed by atoms with van der Waals surface area (Å²) in [5.74, 6) is 0.821. The van der Waals surface area contributed by atoms with E-state index in [1.807, 2.05) is 19.2 Å².